The van der Waals surface area contributed by atoms with Crippen molar-refractivity contribution in [3.63, 3.8) is 0 Å². The monoisotopic (exact) mass is 585 g/mol. The lowest BCUT2D eigenvalue weighted by Crippen LogP contribution is -2.35. The molecular formula is C24H20IN5O3S. The first-order valence-electron chi connectivity index (χ1n) is 10.3. The molecule has 0 aliphatic carbocycles. The fourth-order valence-corrected chi connectivity index (χ4v) is 4.95. The first kappa shape index (κ1) is 24.0. The number of carbonyl (C=O) groups excluding carboxylic acids is 1. The van der Waals surface area contributed by atoms with Crippen molar-refractivity contribution in [2.24, 2.45) is 16.0 Å². The van der Waals surface area contributed by atoms with Gasteiger partial charge in [-0.3, -0.25) is 10.2 Å². The van der Waals surface area contributed by atoms with Gasteiger partial charge in [-0.25, -0.2) is 0 Å². The summed E-state index contributed by atoms with van der Waals surface area (Å²) in [7, 11) is 1.53. The Hall–Kier alpha value is -3.17. The molecule has 172 valence electrons. The summed E-state index contributed by atoms with van der Waals surface area (Å²) in [6, 6.07) is 13.0. The predicted octanol–water partition coefficient (Wildman–Crippen LogP) is 5.03. The van der Waals surface area contributed by atoms with Crippen molar-refractivity contribution in [1.29, 1.82) is 10.7 Å². The van der Waals surface area contributed by atoms with E-state index in [9.17, 15) is 10.1 Å². The van der Waals surface area contributed by atoms with Crippen LogP contribution in [0.15, 0.2) is 52.1 Å². The van der Waals surface area contributed by atoms with Gasteiger partial charge in [-0.15, -0.1) is 0 Å². The highest BCUT2D eigenvalue weighted by Crippen LogP contribution is 2.36. The number of benzene rings is 2. The quantitative estimate of drug-likeness (QED) is 0.377. The highest BCUT2D eigenvalue weighted by molar-refractivity contribution is 14.1. The molecule has 1 N–H and O–H groups in total. The molecule has 8 nitrogen and oxygen atoms in total. The van der Waals surface area contributed by atoms with Crippen molar-refractivity contribution in [2.45, 2.75) is 20.5 Å². The first-order chi connectivity index (χ1) is 16.3. The van der Waals surface area contributed by atoms with Gasteiger partial charge in [0.25, 0.3) is 5.91 Å². The Morgan fingerprint density at radius 3 is 2.79 bits per heavy atom. The third kappa shape index (κ3) is 4.71. The molecule has 2 aromatic carbocycles. The van der Waals surface area contributed by atoms with Crippen LogP contribution in [0, 0.1) is 26.2 Å². The minimum atomic E-state index is -0.480. The molecule has 2 aliphatic rings. The number of rotatable bonds is 6. The molecule has 34 heavy (non-hydrogen) atoms. The smallest absolute Gasteiger partial charge is 0.283 e. The van der Waals surface area contributed by atoms with E-state index in [4.69, 9.17) is 14.9 Å². The Kier molecular flexibility index (Phi) is 7.04. The number of hydrogen-bond donors (Lipinski definition) is 1. The third-order valence-corrected chi connectivity index (χ3v) is 7.05. The molecule has 0 bridgehead atoms. The standard InChI is InChI=1S/C24H20IN5O3S/c1-13(2)23-29-30-21(27)17(22(31)28-24(30)34-23)8-14-9-18(25)20(19(10-14)32-3)33-12-16-7-5-4-6-15(16)11-26/h4-10,13,27H,12H2,1-3H3. The SMILES string of the molecule is COc1cc(C=C2C(=N)N3N=C(C(C)C)SC3=NC2=O)cc(I)c1OCc1ccccc1C#N. The maximum absolute atomic E-state index is 12.7. The van der Waals surface area contributed by atoms with Crippen molar-refractivity contribution in [3.8, 4) is 17.6 Å². The minimum absolute atomic E-state index is 0.0134. The van der Waals surface area contributed by atoms with Crippen LogP contribution in [0.2, 0.25) is 0 Å². The first-order valence-corrected chi connectivity index (χ1v) is 12.2. The van der Waals surface area contributed by atoms with Gasteiger partial charge in [-0.2, -0.15) is 20.4 Å². The molecule has 2 aliphatic heterocycles. The van der Waals surface area contributed by atoms with Gasteiger partial charge in [0.2, 0.25) is 5.17 Å². The normalized spacial score (nSPS) is 16.4. The van der Waals surface area contributed by atoms with Crippen LogP contribution >= 0.6 is 34.4 Å². The van der Waals surface area contributed by atoms with Gasteiger partial charge < -0.3 is 9.47 Å². The zero-order chi connectivity index (χ0) is 24.4. The number of nitriles is 1. The van der Waals surface area contributed by atoms with Gasteiger partial charge in [0, 0.05) is 11.5 Å². The van der Waals surface area contributed by atoms with Gasteiger partial charge in [-0.1, -0.05) is 32.0 Å². The number of amides is 1. The van der Waals surface area contributed by atoms with Crippen molar-refractivity contribution >= 4 is 62.4 Å². The van der Waals surface area contributed by atoms with Crippen LogP contribution < -0.4 is 9.47 Å². The number of aliphatic imine (C=N–C) groups is 1. The number of ether oxygens (including phenoxy) is 2. The number of nitrogens with one attached hydrogen (secondary N) is 1. The van der Waals surface area contributed by atoms with Crippen molar-refractivity contribution in [1.82, 2.24) is 5.01 Å². The largest absolute Gasteiger partial charge is 0.493 e. The lowest BCUT2D eigenvalue weighted by molar-refractivity contribution is -0.114. The van der Waals surface area contributed by atoms with Crippen LogP contribution in [0.3, 0.4) is 0 Å². The van der Waals surface area contributed by atoms with E-state index in [1.807, 2.05) is 38.1 Å². The summed E-state index contributed by atoms with van der Waals surface area (Å²) < 4.78 is 12.3. The van der Waals surface area contributed by atoms with Crippen molar-refractivity contribution in [2.75, 3.05) is 7.11 Å². The summed E-state index contributed by atoms with van der Waals surface area (Å²) in [6.45, 7) is 4.22. The number of fused-ring (bicyclic) bond motifs is 1. The highest BCUT2D eigenvalue weighted by atomic mass is 127. The topological polar surface area (TPSA) is 111 Å². The van der Waals surface area contributed by atoms with E-state index in [0.717, 1.165) is 14.2 Å². The molecule has 2 aromatic rings. The number of carbonyl (C=O) groups is 1. The molecule has 0 saturated carbocycles. The summed E-state index contributed by atoms with van der Waals surface area (Å²) in [5.41, 5.74) is 2.13. The summed E-state index contributed by atoms with van der Waals surface area (Å²) in [5.74, 6) is 0.688. The Labute approximate surface area is 215 Å². The number of thioether (sulfide) groups is 1. The fourth-order valence-electron chi connectivity index (χ4n) is 3.28. The van der Waals surface area contributed by atoms with Gasteiger partial charge in [-0.05, 0) is 64.2 Å². The number of amidine groups is 2. The lowest BCUT2D eigenvalue weighted by atomic mass is 10.1. The molecule has 0 spiro atoms. The molecule has 10 heteroatoms. The third-order valence-electron chi connectivity index (χ3n) is 5.04. The van der Waals surface area contributed by atoms with Crippen molar-refractivity contribution in [3.05, 3.63) is 62.2 Å². The van der Waals surface area contributed by atoms with Crippen molar-refractivity contribution < 1.29 is 14.3 Å². The molecule has 4 rings (SSSR count). The molecule has 1 amide bonds. The van der Waals surface area contributed by atoms with Gasteiger partial charge in [0.05, 0.1) is 27.9 Å². The predicted molar refractivity (Wildman–Crippen MR) is 141 cm³/mol. The molecule has 0 unspecified atom stereocenters. The van der Waals surface area contributed by atoms with E-state index in [1.165, 1.54) is 23.9 Å². The Morgan fingerprint density at radius 2 is 2.09 bits per heavy atom. The summed E-state index contributed by atoms with van der Waals surface area (Å²) in [6.07, 6.45) is 1.61. The van der Waals surface area contributed by atoms with Gasteiger partial charge >= 0.3 is 0 Å². The zero-order valence-corrected chi connectivity index (χ0v) is 21.6. The van der Waals surface area contributed by atoms with Crippen LogP contribution in [-0.2, 0) is 11.4 Å². The number of hydrazone groups is 1. The molecule has 0 fully saturated rings. The number of hydrogen-bond acceptors (Lipinski definition) is 7. The summed E-state index contributed by atoms with van der Waals surface area (Å²) in [4.78, 5) is 16.8. The van der Waals surface area contributed by atoms with Crippen LogP contribution in [0.4, 0.5) is 0 Å². The Morgan fingerprint density at radius 1 is 1.32 bits per heavy atom. The van der Waals surface area contributed by atoms with E-state index in [1.54, 1.807) is 18.2 Å². The molecule has 0 saturated heterocycles. The molecule has 0 radical (unpaired) electrons. The number of methoxy groups -OCH3 is 1. The van der Waals surface area contributed by atoms with E-state index in [0.29, 0.717) is 27.8 Å². The maximum Gasteiger partial charge on any atom is 0.283 e. The van der Waals surface area contributed by atoms with Gasteiger partial charge in [0.1, 0.15) is 11.7 Å². The van der Waals surface area contributed by atoms with Crippen LogP contribution in [0.5, 0.6) is 11.5 Å². The van der Waals surface area contributed by atoms with Crippen LogP contribution in [-0.4, -0.2) is 34.1 Å². The second-order valence-corrected chi connectivity index (χ2v) is 9.85. The maximum atomic E-state index is 12.7. The van der Waals surface area contributed by atoms with Crippen LogP contribution in [0.1, 0.15) is 30.5 Å². The lowest BCUT2D eigenvalue weighted by Gasteiger charge is -2.20. The molecular weight excluding hydrogens is 565 g/mol. The second kappa shape index (κ2) is 9.99. The molecule has 0 aromatic heterocycles. The summed E-state index contributed by atoms with van der Waals surface area (Å²) in [5, 5.41) is 24.9. The Bertz CT molecular complexity index is 1330. The average Bonchev–Trinajstić information content (AvgIpc) is 3.25. The van der Waals surface area contributed by atoms with Crippen LogP contribution in [0.25, 0.3) is 6.08 Å². The fraction of sp³-hybridized carbons (Fsp3) is 0.208. The Balaban J connectivity index is 1.62. The number of nitrogens with zero attached hydrogens (tertiary/aromatic N) is 4. The molecule has 2 heterocycles. The van der Waals surface area contributed by atoms with E-state index in [-0.39, 0.29) is 23.9 Å². The van der Waals surface area contributed by atoms with E-state index < -0.39 is 5.91 Å². The molecule has 0 atom stereocenters. The zero-order valence-electron chi connectivity index (χ0n) is 18.6. The minimum Gasteiger partial charge on any atom is -0.493 e. The second-order valence-electron chi connectivity index (χ2n) is 7.70. The van der Waals surface area contributed by atoms with E-state index in [2.05, 4.69) is 38.8 Å². The van der Waals surface area contributed by atoms with Gasteiger partial charge in [0.15, 0.2) is 17.3 Å². The average molecular weight is 585 g/mol. The summed E-state index contributed by atoms with van der Waals surface area (Å²) >= 11 is 3.45. The number of halogens is 1. The van der Waals surface area contributed by atoms with E-state index >= 15 is 0 Å². The highest BCUT2D eigenvalue weighted by Gasteiger charge is 2.36.